The monoisotopic (exact) mass is 505 g/mol. The van der Waals surface area contributed by atoms with Crippen molar-refractivity contribution < 1.29 is 23.6 Å². The molecular formula is C27H28FN5O4. The first kappa shape index (κ1) is 25.8. The molecule has 10 heteroatoms. The topological polar surface area (TPSA) is 131 Å². The van der Waals surface area contributed by atoms with E-state index in [0.717, 1.165) is 11.6 Å². The van der Waals surface area contributed by atoms with Crippen molar-refractivity contribution in [2.75, 3.05) is 17.2 Å². The molecule has 3 atom stereocenters. The zero-order valence-corrected chi connectivity index (χ0v) is 20.8. The largest absolute Gasteiger partial charge is 0.336 e. The van der Waals surface area contributed by atoms with Crippen LogP contribution < -0.4 is 16.0 Å². The molecule has 9 nitrogen and oxygen atoms in total. The van der Waals surface area contributed by atoms with Gasteiger partial charge in [-0.1, -0.05) is 51.1 Å². The summed E-state index contributed by atoms with van der Waals surface area (Å²) in [7, 11) is 0. The van der Waals surface area contributed by atoms with E-state index in [1.807, 2.05) is 20.8 Å². The molecular weight excluding hydrogens is 477 g/mol. The Hall–Kier alpha value is -4.26. The number of likely N-dealkylation sites (tertiary alicyclic amines) is 1. The zero-order valence-electron chi connectivity index (χ0n) is 20.8. The molecule has 2 heterocycles. The molecule has 192 valence electrons. The average Bonchev–Trinajstić information content (AvgIpc) is 3.37. The number of halogens is 1. The summed E-state index contributed by atoms with van der Waals surface area (Å²) in [4.78, 5) is 53.4. The molecule has 3 N–H and O–H groups in total. The lowest BCUT2D eigenvalue weighted by Crippen LogP contribution is -2.53. The number of benzene rings is 2. The zero-order chi connectivity index (χ0) is 27.0. The Morgan fingerprint density at radius 1 is 1.16 bits per heavy atom. The van der Waals surface area contributed by atoms with Crippen LogP contribution in [-0.4, -0.2) is 47.2 Å². The molecule has 1 saturated heterocycles. The smallest absolute Gasteiger partial charge is 0.313 e. The minimum Gasteiger partial charge on any atom is -0.336 e. The minimum atomic E-state index is -1.15. The maximum atomic E-state index is 13.9. The number of rotatable bonds is 4. The minimum absolute atomic E-state index is 0.0369. The molecule has 0 saturated carbocycles. The molecule has 0 aromatic heterocycles. The standard InChI is InChI=1S/C27H28FN5O4/c1-26(2,3)13-21(31-23(35)22(34)30-20-11-7-5-9-18(20)28)24(36)33-15-27(12-16(33)14-29)17-8-4-6-10-19(17)32-25(27)37/h4-11,16,21H,12-13,15H2,1-3H3,(H,30,34)(H,31,35)(H,32,37)/t16-,21-,27-/m0/s1. The van der Waals surface area contributed by atoms with Gasteiger partial charge in [-0.05, 0) is 35.6 Å². The first-order valence-corrected chi connectivity index (χ1v) is 11.9. The maximum absolute atomic E-state index is 13.9. The summed E-state index contributed by atoms with van der Waals surface area (Å²) >= 11 is 0. The molecule has 4 rings (SSSR count). The molecule has 1 spiro atoms. The Morgan fingerprint density at radius 3 is 2.51 bits per heavy atom. The van der Waals surface area contributed by atoms with E-state index in [9.17, 15) is 28.8 Å². The van der Waals surface area contributed by atoms with Crippen LogP contribution in [0.15, 0.2) is 48.5 Å². The van der Waals surface area contributed by atoms with Gasteiger partial charge in [-0.15, -0.1) is 0 Å². The van der Waals surface area contributed by atoms with Gasteiger partial charge in [0.1, 0.15) is 17.9 Å². The van der Waals surface area contributed by atoms with Gasteiger partial charge in [0.2, 0.25) is 11.8 Å². The quantitative estimate of drug-likeness (QED) is 0.550. The summed E-state index contributed by atoms with van der Waals surface area (Å²) in [5.41, 5.74) is -0.324. The van der Waals surface area contributed by atoms with E-state index < -0.39 is 46.5 Å². The highest BCUT2D eigenvalue weighted by molar-refractivity contribution is 6.40. The van der Waals surface area contributed by atoms with E-state index in [0.29, 0.717) is 5.69 Å². The molecule has 4 amide bonds. The third-order valence-corrected chi connectivity index (χ3v) is 6.66. The Bertz CT molecular complexity index is 1310. The number of nitrogens with zero attached hydrogens (tertiary/aromatic N) is 2. The highest BCUT2D eigenvalue weighted by atomic mass is 19.1. The number of fused-ring (bicyclic) bond motifs is 2. The number of nitrogens with one attached hydrogen (secondary N) is 3. The molecule has 2 aromatic rings. The number of hydrogen-bond acceptors (Lipinski definition) is 5. The van der Waals surface area contributed by atoms with Gasteiger partial charge in [0.05, 0.1) is 17.2 Å². The lowest BCUT2D eigenvalue weighted by Gasteiger charge is -2.31. The van der Waals surface area contributed by atoms with E-state index >= 15 is 0 Å². The fourth-order valence-electron chi connectivity index (χ4n) is 4.96. The Labute approximate surface area is 214 Å². The molecule has 0 radical (unpaired) electrons. The molecule has 0 unspecified atom stereocenters. The van der Waals surface area contributed by atoms with Crippen molar-refractivity contribution in [2.24, 2.45) is 5.41 Å². The van der Waals surface area contributed by atoms with Crippen molar-refractivity contribution in [3.63, 3.8) is 0 Å². The molecule has 37 heavy (non-hydrogen) atoms. The molecule has 2 aliphatic heterocycles. The van der Waals surface area contributed by atoms with Gasteiger partial charge in [0, 0.05) is 18.7 Å². The SMILES string of the molecule is CC(C)(C)C[C@H](NC(=O)C(=O)Nc1ccccc1F)C(=O)N1C[C@]2(C[C@H]1C#N)C(=O)Nc1ccccc12. The molecule has 2 aliphatic rings. The van der Waals surface area contributed by atoms with Crippen LogP contribution in [0.25, 0.3) is 0 Å². The van der Waals surface area contributed by atoms with Crippen molar-refractivity contribution in [3.05, 3.63) is 59.9 Å². The van der Waals surface area contributed by atoms with Gasteiger partial charge in [-0.3, -0.25) is 19.2 Å². The average molecular weight is 506 g/mol. The normalized spacial score (nSPS) is 21.1. The number of nitriles is 1. The summed E-state index contributed by atoms with van der Waals surface area (Å²) < 4.78 is 13.9. The van der Waals surface area contributed by atoms with Crippen LogP contribution in [0, 0.1) is 22.6 Å². The van der Waals surface area contributed by atoms with Crippen molar-refractivity contribution in [1.82, 2.24) is 10.2 Å². The van der Waals surface area contributed by atoms with Crippen molar-refractivity contribution in [2.45, 2.75) is 51.1 Å². The summed E-state index contributed by atoms with van der Waals surface area (Å²) in [5.74, 6) is -3.80. The van der Waals surface area contributed by atoms with Gasteiger partial charge < -0.3 is 20.9 Å². The predicted molar refractivity (Wildman–Crippen MR) is 134 cm³/mol. The predicted octanol–water partition coefficient (Wildman–Crippen LogP) is 2.70. The second kappa shape index (κ2) is 9.65. The Kier molecular flexibility index (Phi) is 6.74. The third-order valence-electron chi connectivity index (χ3n) is 6.66. The number of carbonyl (C=O) groups excluding carboxylic acids is 4. The first-order chi connectivity index (χ1) is 17.4. The lowest BCUT2D eigenvalue weighted by molar-refractivity contribution is -0.141. The molecule has 0 aliphatic carbocycles. The van der Waals surface area contributed by atoms with Crippen molar-refractivity contribution in [1.29, 1.82) is 5.26 Å². The van der Waals surface area contributed by atoms with E-state index in [1.165, 1.54) is 23.1 Å². The summed E-state index contributed by atoms with van der Waals surface area (Å²) in [6.45, 7) is 5.57. The molecule has 2 aromatic carbocycles. The third kappa shape index (κ3) is 5.03. The van der Waals surface area contributed by atoms with Crippen LogP contribution in [0.1, 0.15) is 39.2 Å². The van der Waals surface area contributed by atoms with Crippen LogP contribution in [0.4, 0.5) is 15.8 Å². The molecule has 1 fully saturated rings. The summed E-state index contributed by atoms with van der Waals surface area (Å²) in [5, 5.41) is 17.4. The van der Waals surface area contributed by atoms with Gasteiger partial charge in [-0.2, -0.15) is 5.26 Å². The molecule has 0 bridgehead atoms. The van der Waals surface area contributed by atoms with Crippen LogP contribution in [0.5, 0.6) is 0 Å². The highest BCUT2D eigenvalue weighted by Gasteiger charge is 2.56. The van der Waals surface area contributed by atoms with Crippen LogP contribution in [0.3, 0.4) is 0 Å². The summed E-state index contributed by atoms with van der Waals surface area (Å²) in [6.07, 6.45) is 0.275. The van der Waals surface area contributed by atoms with E-state index in [-0.39, 0.29) is 31.0 Å². The number of amides is 4. The van der Waals surface area contributed by atoms with Crippen LogP contribution in [-0.2, 0) is 24.6 Å². The highest BCUT2D eigenvalue weighted by Crippen LogP contribution is 2.46. The van der Waals surface area contributed by atoms with Crippen LogP contribution in [0.2, 0.25) is 0 Å². The second-order valence-corrected chi connectivity index (χ2v) is 10.6. The van der Waals surface area contributed by atoms with Gasteiger partial charge in [0.25, 0.3) is 0 Å². The van der Waals surface area contributed by atoms with Gasteiger partial charge in [-0.25, -0.2) is 4.39 Å². The summed E-state index contributed by atoms with van der Waals surface area (Å²) in [6, 6.07) is 12.6. The second-order valence-electron chi connectivity index (χ2n) is 10.6. The van der Waals surface area contributed by atoms with Crippen LogP contribution >= 0.6 is 0 Å². The maximum Gasteiger partial charge on any atom is 0.313 e. The number of anilines is 2. The van der Waals surface area contributed by atoms with Gasteiger partial charge in [0.15, 0.2) is 0 Å². The van der Waals surface area contributed by atoms with Crippen molar-refractivity contribution in [3.8, 4) is 6.07 Å². The van der Waals surface area contributed by atoms with E-state index in [2.05, 4.69) is 22.0 Å². The first-order valence-electron chi connectivity index (χ1n) is 11.9. The van der Waals surface area contributed by atoms with Gasteiger partial charge >= 0.3 is 11.8 Å². The number of hydrogen-bond donors (Lipinski definition) is 3. The van der Waals surface area contributed by atoms with E-state index in [1.54, 1.807) is 24.3 Å². The van der Waals surface area contributed by atoms with E-state index in [4.69, 9.17) is 0 Å². The number of para-hydroxylation sites is 2. The Morgan fingerprint density at radius 2 is 1.84 bits per heavy atom. The van der Waals surface area contributed by atoms with Crippen molar-refractivity contribution >= 4 is 35.0 Å². The Balaban J connectivity index is 1.57. The fraction of sp³-hybridized carbons (Fsp3) is 0.370. The number of carbonyl (C=O) groups is 4. The fourth-order valence-corrected chi connectivity index (χ4v) is 4.96. The lowest BCUT2D eigenvalue weighted by atomic mass is 9.80.